The molecule has 33 heavy (non-hydrogen) atoms. The third-order valence-corrected chi connectivity index (χ3v) is 4.94. The second-order valence-corrected chi connectivity index (χ2v) is 7.80. The van der Waals surface area contributed by atoms with Crippen LogP contribution < -0.4 is 22.3 Å². The number of rotatable bonds is 7. The minimum absolute atomic E-state index is 0.0251. The van der Waals surface area contributed by atoms with Crippen molar-refractivity contribution in [1.82, 2.24) is 14.1 Å². The summed E-state index contributed by atoms with van der Waals surface area (Å²) < 4.78 is 2.16. The molecule has 0 saturated carbocycles. The molecule has 172 valence electrons. The fourth-order valence-electron chi connectivity index (χ4n) is 3.12. The molecule has 0 radical (unpaired) electrons. The first-order valence-corrected chi connectivity index (χ1v) is 10.3. The van der Waals surface area contributed by atoms with E-state index in [1.807, 2.05) is 31.2 Å². The number of carbonyl (C=O) groups is 2. The van der Waals surface area contributed by atoms with Crippen molar-refractivity contribution in [3.8, 4) is 0 Å². The number of carboxylic acid groups (broad SMARTS) is 1. The van der Waals surface area contributed by atoms with Crippen LogP contribution in [-0.4, -0.2) is 31.1 Å². The minimum Gasteiger partial charge on any atom is -0.481 e. The standard InChI is InChI=1S/C23H25N5O5/c1-14-4-6-17(7-5-14)13-27-21(25-19-10-8-18(9-11-19)24-16(3)29)26-22(32)28(23(27)33)12-15(2)20(30)31/h4-11,15H,12-13H2,1-3H3,(H,24,29)(H,30,31)(H,25,26,32)/t15-/m0/s1. The van der Waals surface area contributed by atoms with Gasteiger partial charge < -0.3 is 10.4 Å². The predicted octanol–water partition coefficient (Wildman–Crippen LogP) is 1.61. The lowest BCUT2D eigenvalue weighted by Gasteiger charge is -2.13. The van der Waals surface area contributed by atoms with Gasteiger partial charge in [-0.05, 0) is 36.8 Å². The van der Waals surface area contributed by atoms with E-state index < -0.39 is 23.3 Å². The van der Waals surface area contributed by atoms with Crippen molar-refractivity contribution in [1.29, 1.82) is 0 Å². The summed E-state index contributed by atoms with van der Waals surface area (Å²) >= 11 is 0. The summed E-state index contributed by atoms with van der Waals surface area (Å²) in [7, 11) is 0. The summed E-state index contributed by atoms with van der Waals surface area (Å²) in [4.78, 5) is 55.3. The molecule has 1 heterocycles. The number of carboxylic acids is 1. The number of aromatic nitrogens is 3. The zero-order chi connectivity index (χ0) is 24.1. The molecule has 0 aliphatic heterocycles. The molecule has 0 spiro atoms. The van der Waals surface area contributed by atoms with Crippen molar-refractivity contribution in [2.45, 2.75) is 33.9 Å². The first kappa shape index (κ1) is 23.5. The number of aliphatic carboxylic acids is 1. The van der Waals surface area contributed by atoms with Crippen molar-refractivity contribution in [2.24, 2.45) is 10.9 Å². The van der Waals surface area contributed by atoms with Gasteiger partial charge in [0.25, 0.3) is 0 Å². The van der Waals surface area contributed by atoms with E-state index in [4.69, 9.17) is 0 Å². The average molecular weight is 451 g/mol. The number of H-pyrrole nitrogens is 1. The molecule has 3 N–H and O–H groups in total. The lowest BCUT2D eigenvalue weighted by molar-refractivity contribution is -0.141. The Labute approximate surface area is 188 Å². The lowest BCUT2D eigenvalue weighted by Crippen LogP contribution is -2.51. The van der Waals surface area contributed by atoms with Gasteiger partial charge in [0.1, 0.15) is 0 Å². The van der Waals surface area contributed by atoms with Crippen LogP contribution in [0.5, 0.6) is 0 Å². The SMILES string of the molecule is CC(=O)Nc1ccc(/N=c2\[nH]c(=O)n(C[C@H](C)C(=O)O)c(=O)n2Cc2ccc(C)cc2)cc1. The highest BCUT2D eigenvalue weighted by Gasteiger charge is 2.17. The van der Waals surface area contributed by atoms with E-state index in [1.165, 1.54) is 18.4 Å². The Balaban J connectivity index is 2.13. The third-order valence-electron chi connectivity index (χ3n) is 4.94. The minimum atomic E-state index is -1.11. The molecule has 3 aromatic rings. The van der Waals surface area contributed by atoms with Gasteiger partial charge >= 0.3 is 17.3 Å². The van der Waals surface area contributed by atoms with Gasteiger partial charge in [0.05, 0.1) is 18.2 Å². The molecule has 1 atom stereocenters. The zero-order valence-corrected chi connectivity index (χ0v) is 18.5. The largest absolute Gasteiger partial charge is 0.481 e. The highest BCUT2D eigenvalue weighted by Crippen LogP contribution is 2.15. The van der Waals surface area contributed by atoms with Crippen LogP contribution in [0.1, 0.15) is 25.0 Å². The van der Waals surface area contributed by atoms with Gasteiger partial charge in [-0.15, -0.1) is 0 Å². The number of amides is 1. The van der Waals surface area contributed by atoms with Crippen molar-refractivity contribution >= 4 is 23.3 Å². The summed E-state index contributed by atoms with van der Waals surface area (Å²) in [5.41, 5.74) is 1.51. The molecule has 0 aliphatic carbocycles. The molecule has 1 amide bonds. The van der Waals surface area contributed by atoms with E-state index in [0.717, 1.165) is 15.7 Å². The zero-order valence-electron chi connectivity index (χ0n) is 18.5. The van der Waals surface area contributed by atoms with Gasteiger partial charge in [0, 0.05) is 19.2 Å². The van der Waals surface area contributed by atoms with E-state index in [9.17, 15) is 24.3 Å². The molecule has 10 heteroatoms. The number of anilines is 1. The lowest BCUT2D eigenvalue weighted by atomic mass is 10.1. The smallest absolute Gasteiger partial charge is 0.335 e. The quantitative estimate of drug-likeness (QED) is 0.501. The Bertz CT molecular complexity index is 1350. The maximum Gasteiger partial charge on any atom is 0.335 e. The van der Waals surface area contributed by atoms with Gasteiger partial charge in [-0.3, -0.25) is 19.1 Å². The first-order chi connectivity index (χ1) is 15.6. The van der Waals surface area contributed by atoms with Crippen LogP contribution in [0.2, 0.25) is 0 Å². The van der Waals surface area contributed by atoms with Crippen LogP contribution in [0.3, 0.4) is 0 Å². The van der Waals surface area contributed by atoms with E-state index >= 15 is 0 Å². The second kappa shape index (κ2) is 9.94. The Morgan fingerprint density at radius 2 is 1.70 bits per heavy atom. The normalized spacial score (nSPS) is 12.4. The van der Waals surface area contributed by atoms with E-state index in [1.54, 1.807) is 24.3 Å². The number of aryl methyl sites for hydroxylation is 1. The van der Waals surface area contributed by atoms with Crippen LogP contribution in [-0.2, 0) is 22.7 Å². The number of benzene rings is 2. The van der Waals surface area contributed by atoms with E-state index in [2.05, 4.69) is 15.3 Å². The number of hydrogen-bond acceptors (Lipinski definition) is 5. The molecular weight excluding hydrogens is 426 g/mol. The molecule has 0 aliphatic rings. The van der Waals surface area contributed by atoms with Crippen molar-refractivity contribution in [3.63, 3.8) is 0 Å². The number of carbonyl (C=O) groups excluding carboxylic acids is 1. The first-order valence-electron chi connectivity index (χ1n) is 10.3. The fraction of sp³-hybridized carbons (Fsp3) is 0.261. The molecular formula is C23H25N5O5. The second-order valence-electron chi connectivity index (χ2n) is 7.80. The van der Waals surface area contributed by atoms with Gasteiger partial charge in [-0.1, -0.05) is 36.8 Å². The topological polar surface area (TPSA) is 139 Å². The average Bonchev–Trinajstić information content (AvgIpc) is 2.76. The van der Waals surface area contributed by atoms with E-state index in [-0.39, 0.29) is 24.6 Å². The van der Waals surface area contributed by atoms with Gasteiger partial charge in [-0.2, -0.15) is 0 Å². The van der Waals surface area contributed by atoms with Crippen LogP contribution >= 0.6 is 0 Å². The summed E-state index contributed by atoms with van der Waals surface area (Å²) in [5, 5.41) is 11.9. The van der Waals surface area contributed by atoms with Crippen LogP contribution in [0.25, 0.3) is 0 Å². The van der Waals surface area contributed by atoms with Gasteiger partial charge in [-0.25, -0.2) is 19.1 Å². The van der Waals surface area contributed by atoms with Crippen molar-refractivity contribution in [2.75, 3.05) is 5.32 Å². The van der Waals surface area contributed by atoms with Crippen molar-refractivity contribution < 1.29 is 14.7 Å². The monoisotopic (exact) mass is 451 g/mol. The van der Waals surface area contributed by atoms with E-state index in [0.29, 0.717) is 11.4 Å². The molecule has 0 bridgehead atoms. The Hall–Kier alpha value is -4.21. The summed E-state index contributed by atoms with van der Waals surface area (Å²) in [6.07, 6.45) is 0. The molecule has 0 unspecified atom stereocenters. The van der Waals surface area contributed by atoms with Crippen LogP contribution in [0, 0.1) is 12.8 Å². The highest BCUT2D eigenvalue weighted by atomic mass is 16.4. The molecule has 1 aromatic heterocycles. The van der Waals surface area contributed by atoms with Crippen LogP contribution in [0.15, 0.2) is 63.1 Å². The highest BCUT2D eigenvalue weighted by molar-refractivity contribution is 5.88. The Kier molecular flexibility index (Phi) is 7.07. The van der Waals surface area contributed by atoms with Gasteiger partial charge in [0.15, 0.2) is 0 Å². The molecule has 10 nitrogen and oxygen atoms in total. The van der Waals surface area contributed by atoms with Crippen molar-refractivity contribution in [3.05, 3.63) is 86.2 Å². The predicted molar refractivity (Wildman–Crippen MR) is 122 cm³/mol. The fourth-order valence-corrected chi connectivity index (χ4v) is 3.12. The number of hydrogen-bond donors (Lipinski definition) is 3. The Morgan fingerprint density at radius 1 is 1.06 bits per heavy atom. The molecule has 2 aromatic carbocycles. The number of nitrogens with zero attached hydrogens (tertiary/aromatic N) is 3. The number of aromatic amines is 1. The summed E-state index contributed by atoms with van der Waals surface area (Å²) in [6, 6.07) is 14.1. The number of nitrogens with one attached hydrogen (secondary N) is 2. The third kappa shape index (κ3) is 5.94. The van der Waals surface area contributed by atoms with Gasteiger partial charge in [0.2, 0.25) is 11.5 Å². The maximum atomic E-state index is 13.2. The molecule has 3 rings (SSSR count). The van der Waals surface area contributed by atoms with Crippen LogP contribution in [0.4, 0.5) is 11.4 Å². The Morgan fingerprint density at radius 3 is 2.27 bits per heavy atom. The summed E-state index contributed by atoms with van der Waals surface area (Å²) in [5.74, 6) is -2.25. The summed E-state index contributed by atoms with van der Waals surface area (Å²) in [6.45, 7) is 4.62. The maximum absolute atomic E-state index is 13.2. The molecule has 0 saturated heterocycles. The molecule has 0 fully saturated rings.